The summed E-state index contributed by atoms with van der Waals surface area (Å²) in [5.41, 5.74) is 2.27. The molecule has 2 aromatic rings. The third kappa shape index (κ3) is 4.83. The number of nitrogens with one attached hydrogen (secondary N) is 1. The largest absolute Gasteiger partial charge is 0.497 e. The number of benzene rings is 2. The van der Waals surface area contributed by atoms with Crippen LogP contribution in [-0.2, 0) is 11.2 Å². The van der Waals surface area contributed by atoms with E-state index in [0.29, 0.717) is 13.0 Å². The lowest BCUT2D eigenvalue weighted by molar-refractivity contribution is -0.120. The molecule has 3 rings (SSSR count). The van der Waals surface area contributed by atoms with E-state index >= 15 is 0 Å². The predicted octanol–water partition coefficient (Wildman–Crippen LogP) is 3.19. The van der Waals surface area contributed by atoms with Gasteiger partial charge in [-0.3, -0.25) is 9.69 Å². The summed E-state index contributed by atoms with van der Waals surface area (Å²) < 4.78 is 5.26. The van der Waals surface area contributed by atoms with E-state index in [-0.39, 0.29) is 11.9 Å². The van der Waals surface area contributed by atoms with Crippen LogP contribution in [0.15, 0.2) is 54.6 Å². The lowest BCUT2D eigenvalue weighted by Crippen LogP contribution is -2.37. The maximum atomic E-state index is 12.3. The molecule has 2 aromatic carbocycles. The lowest BCUT2D eigenvalue weighted by atomic mass is 10.0. The molecule has 1 saturated heterocycles. The Bertz CT molecular complexity index is 664. The summed E-state index contributed by atoms with van der Waals surface area (Å²) in [6, 6.07) is 18.3. The Morgan fingerprint density at radius 1 is 1.08 bits per heavy atom. The van der Waals surface area contributed by atoms with Gasteiger partial charge in [-0.25, -0.2) is 0 Å². The first-order valence-corrected chi connectivity index (χ1v) is 8.95. The van der Waals surface area contributed by atoms with E-state index < -0.39 is 0 Å². The lowest BCUT2D eigenvalue weighted by Gasteiger charge is -2.28. The van der Waals surface area contributed by atoms with Crippen molar-refractivity contribution in [3.05, 3.63) is 65.7 Å². The van der Waals surface area contributed by atoms with E-state index in [9.17, 15) is 4.79 Å². The number of likely N-dealkylation sites (tertiary alicyclic amines) is 1. The van der Waals surface area contributed by atoms with Crippen LogP contribution in [0.5, 0.6) is 5.75 Å². The summed E-state index contributed by atoms with van der Waals surface area (Å²) in [6.07, 6.45) is 2.88. The molecular formula is C21H26N2O2. The molecule has 1 aliphatic heterocycles. The first kappa shape index (κ1) is 17.5. The van der Waals surface area contributed by atoms with Crippen LogP contribution < -0.4 is 10.1 Å². The average Bonchev–Trinajstić information content (AvgIpc) is 3.18. The molecule has 1 aliphatic rings. The van der Waals surface area contributed by atoms with E-state index in [0.717, 1.165) is 24.4 Å². The fourth-order valence-electron chi connectivity index (χ4n) is 3.39. The van der Waals surface area contributed by atoms with Crippen molar-refractivity contribution in [2.24, 2.45) is 0 Å². The summed E-state index contributed by atoms with van der Waals surface area (Å²) in [6.45, 7) is 2.81. The van der Waals surface area contributed by atoms with E-state index in [4.69, 9.17) is 4.74 Å². The minimum absolute atomic E-state index is 0.0731. The Kier molecular flexibility index (Phi) is 6.07. The molecular weight excluding hydrogens is 312 g/mol. The Morgan fingerprint density at radius 2 is 1.76 bits per heavy atom. The molecule has 0 bridgehead atoms. The Hall–Kier alpha value is -2.33. The highest BCUT2D eigenvalue weighted by atomic mass is 16.5. The molecule has 4 heteroatoms. The van der Waals surface area contributed by atoms with Crippen LogP contribution in [-0.4, -0.2) is 37.6 Å². The van der Waals surface area contributed by atoms with Gasteiger partial charge in [-0.05, 0) is 49.2 Å². The Morgan fingerprint density at radius 3 is 2.40 bits per heavy atom. The van der Waals surface area contributed by atoms with Gasteiger partial charge in [0.1, 0.15) is 5.75 Å². The van der Waals surface area contributed by atoms with Gasteiger partial charge in [-0.2, -0.15) is 0 Å². The molecule has 1 N–H and O–H groups in total. The number of amides is 1. The van der Waals surface area contributed by atoms with Crippen LogP contribution in [0, 0.1) is 0 Å². The van der Waals surface area contributed by atoms with E-state index in [1.165, 1.54) is 18.4 Å². The first-order valence-electron chi connectivity index (χ1n) is 8.95. The maximum Gasteiger partial charge on any atom is 0.224 e. The number of hydrogen-bond donors (Lipinski definition) is 1. The van der Waals surface area contributed by atoms with Gasteiger partial charge in [0.25, 0.3) is 0 Å². The average molecular weight is 338 g/mol. The summed E-state index contributed by atoms with van der Waals surface area (Å²) in [5.74, 6) is 0.931. The highest BCUT2D eigenvalue weighted by molar-refractivity contribution is 5.78. The molecule has 0 spiro atoms. The number of nitrogens with zero attached hydrogens (tertiary/aromatic N) is 1. The normalized spacial score (nSPS) is 15.7. The number of methoxy groups -OCH3 is 1. The second-order valence-electron chi connectivity index (χ2n) is 6.50. The van der Waals surface area contributed by atoms with Crippen molar-refractivity contribution in [3.63, 3.8) is 0 Å². The number of carbonyl (C=O) groups is 1. The van der Waals surface area contributed by atoms with Crippen molar-refractivity contribution < 1.29 is 9.53 Å². The molecule has 0 aromatic heterocycles. The van der Waals surface area contributed by atoms with E-state index in [2.05, 4.69) is 22.3 Å². The zero-order valence-corrected chi connectivity index (χ0v) is 14.8. The van der Waals surface area contributed by atoms with Gasteiger partial charge in [0, 0.05) is 6.54 Å². The first-order chi connectivity index (χ1) is 12.3. The molecule has 1 atom stereocenters. The maximum absolute atomic E-state index is 12.3. The van der Waals surface area contributed by atoms with Crippen molar-refractivity contribution in [2.45, 2.75) is 25.3 Å². The summed E-state index contributed by atoms with van der Waals surface area (Å²) in [5, 5.41) is 3.12. The quantitative estimate of drug-likeness (QED) is 0.843. The van der Waals surface area contributed by atoms with Crippen molar-refractivity contribution in [1.82, 2.24) is 10.2 Å². The smallest absolute Gasteiger partial charge is 0.224 e. The number of ether oxygens (including phenoxy) is 1. The molecule has 0 aliphatic carbocycles. The molecule has 132 valence electrons. The van der Waals surface area contributed by atoms with Crippen molar-refractivity contribution in [2.75, 3.05) is 26.7 Å². The van der Waals surface area contributed by atoms with Crippen LogP contribution in [0.3, 0.4) is 0 Å². The Balaban J connectivity index is 1.64. The molecule has 1 heterocycles. The summed E-state index contributed by atoms with van der Waals surface area (Å²) in [4.78, 5) is 14.8. The standard InChI is InChI=1S/C21H26N2O2/c1-25-19-11-9-18(10-12-19)20(23-13-5-6-14-23)16-22-21(24)15-17-7-3-2-4-8-17/h2-4,7-12,20H,5-6,13-16H2,1H3,(H,22,24)/t20-/m1/s1. The third-order valence-corrected chi connectivity index (χ3v) is 4.78. The van der Waals surface area contributed by atoms with Crippen LogP contribution in [0.1, 0.15) is 30.0 Å². The van der Waals surface area contributed by atoms with Crippen LogP contribution >= 0.6 is 0 Å². The molecule has 0 unspecified atom stereocenters. The third-order valence-electron chi connectivity index (χ3n) is 4.78. The van der Waals surface area contributed by atoms with Gasteiger partial charge in [0.2, 0.25) is 5.91 Å². The highest BCUT2D eigenvalue weighted by Gasteiger charge is 2.24. The number of rotatable bonds is 7. The van der Waals surface area contributed by atoms with Gasteiger partial charge in [0.05, 0.1) is 19.6 Å². The van der Waals surface area contributed by atoms with Crippen LogP contribution in [0.25, 0.3) is 0 Å². The molecule has 1 amide bonds. The predicted molar refractivity (Wildman–Crippen MR) is 99.7 cm³/mol. The zero-order valence-electron chi connectivity index (χ0n) is 14.8. The van der Waals surface area contributed by atoms with Gasteiger partial charge in [0.15, 0.2) is 0 Å². The minimum Gasteiger partial charge on any atom is -0.497 e. The summed E-state index contributed by atoms with van der Waals surface area (Å²) in [7, 11) is 1.68. The SMILES string of the molecule is COc1ccc([C@@H](CNC(=O)Cc2ccccc2)N2CCCC2)cc1. The van der Waals surface area contributed by atoms with Gasteiger partial charge < -0.3 is 10.1 Å². The Labute approximate surface area is 149 Å². The fourth-order valence-corrected chi connectivity index (χ4v) is 3.39. The minimum atomic E-state index is 0.0731. The van der Waals surface area contributed by atoms with Crippen molar-refractivity contribution in [3.8, 4) is 5.75 Å². The molecule has 25 heavy (non-hydrogen) atoms. The van der Waals surface area contributed by atoms with E-state index in [1.807, 2.05) is 42.5 Å². The second kappa shape index (κ2) is 8.67. The van der Waals surface area contributed by atoms with Crippen LogP contribution in [0.2, 0.25) is 0 Å². The molecule has 1 fully saturated rings. The fraction of sp³-hybridized carbons (Fsp3) is 0.381. The monoisotopic (exact) mass is 338 g/mol. The van der Waals surface area contributed by atoms with Crippen LogP contribution in [0.4, 0.5) is 0 Å². The second-order valence-corrected chi connectivity index (χ2v) is 6.50. The van der Waals surface area contributed by atoms with Gasteiger partial charge in [-0.1, -0.05) is 42.5 Å². The van der Waals surface area contributed by atoms with Crippen molar-refractivity contribution >= 4 is 5.91 Å². The van der Waals surface area contributed by atoms with Gasteiger partial charge >= 0.3 is 0 Å². The van der Waals surface area contributed by atoms with Gasteiger partial charge in [-0.15, -0.1) is 0 Å². The number of hydrogen-bond acceptors (Lipinski definition) is 3. The molecule has 0 saturated carbocycles. The molecule has 0 radical (unpaired) electrons. The number of carbonyl (C=O) groups excluding carboxylic acids is 1. The topological polar surface area (TPSA) is 41.6 Å². The van der Waals surface area contributed by atoms with Crippen molar-refractivity contribution in [1.29, 1.82) is 0 Å². The highest BCUT2D eigenvalue weighted by Crippen LogP contribution is 2.26. The summed E-state index contributed by atoms with van der Waals surface area (Å²) >= 11 is 0. The molecule has 4 nitrogen and oxygen atoms in total. The van der Waals surface area contributed by atoms with E-state index in [1.54, 1.807) is 7.11 Å². The zero-order chi connectivity index (χ0) is 17.5.